The van der Waals surface area contributed by atoms with Gasteiger partial charge in [-0.05, 0) is 63.3 Å². The van der Waals surface area contributed by atoms with Gasteiger partial charge >= 0.3 is 0 Å². The van der Waals surface area contributed by atoms with Crippen LogP contribution in [0, 0.1) is 0 Å². The number of rotatable bonds is 6. The van der Waals surface area contributed by atoms with E-state index in [-0.39, 0.29) is 0 Å². The molecule has 6 nitrogen and oxygen atoms in total. The van der Waals surface area contributed by atoms with Crippen molar-refractivity contribution in [2.45, 2.75) is 0 Å². The molecule has 0 aliphatic carbocycles. The molecule has 8 aromatic carbocycles. The minimum atomic E-state index is 0.502. The Morgan fingerprint density at radius 3 is 1.43 bits per heavy atom. The molecule has 11 aromatic rings. The molecule has 0 N–H and O–H groups in total. The van der Waals surface area contributed by atoms with Crippen molar-refractivity contribution in [3.63, 3.8) is 0 Å². The van der Waals surface area contributed by atoms with E-state index >= 15 is 0 Å². The molecule has 0 radical (unpaired) electrons. The maximum Gasteiger partial charge on any atom is 0.182 e. The van der Waals surface area contributed by atoms with Gasteiger partial charge in [0.2, 0.25) is 0 Å². The first-order valence-electron chi connectivity index (χ1n) is 19.3. The van der Waals surface area contributed by atoms with Crippen LogP contribution >= 0.6 is 0 Å². The van der Waals surface area contributed by atoms with Gasteiger partial charge in [0.1, 0.15) is 5.69 Å². The smallest absolute Gasteiger partial charge is 0.182 e. The number of fused-ring (bicyclic) bond motifs is 5. The number of pyridine rings is 1. The summed E-state index contributed by atoms with van der Waals surface area (Å²) in [7, 11) is 0. The Morgan fingerprint density at radius 2 is 0.759 bits per heavy atom. The molecule has 0 unspecified atom stereocenters. The van der Waals surface area contributed by atoms with Crippen LogP contribution in [0.25, 0.3) is 111 Å². The van der Waals surface area contributed by atoms with Crippen LogP contribution in [0.15, 0.2) is 194 Å². The van der Waals surface area contributed by atoms with Crippen molar-refractivity contribution in [3.05, 3.63) is 194 Å². The van der Waals surface area contributed by atoms with E-state index in [0.717, 1.165) is 82.4 Å². The fourth-order valence-corrected chi connectivity index (χ4v) is 7.73. The zero-order valence-electron chi connectivity index (χ0n) is 31.2. The highest BCUT2D eigenvalue weighted by Crippen LogP contribution is 2.36. The molecule has 11 rings (SSSR count). The van der Waals surface area contributed by atoms with Crippen LogP contribution in [-0.2, 0) is 0 Å². The van der Waals surface area contributed by atoms with Crippen molar-refractivity contribution >= 4 is 43.2 Å². The Kier molecular flexibility index (Phi) is 8.04. The summed E-state index contributed by atoms with van der Waals surface area (Å²) < 4.78 is 0. The highest BCUT2D eigenvalue weighted by Gasteiger charge is 2.17. The average molecular weight is 741 g/mol. The molecule has 0 fully saturated rings. The molecular formula is C52H32N6. The van der Waals surface area contributed by atoms with Gasteiger partial charge in [0.05, 0.1) is 16.9 Å². The van der Waals surface area contributed by atoms with Crippen LogP contribution in [0.1, 0.15) is 0 Å². The van der Waals surface area contributed by atoms with Gasteiger partial charge in [0, 0.05) is 38.6 Å². The Hall–Kier alpha value is -7.96. The SMILES string of the molecule is c1ccc(-c2nc(-c3ccccc3)c3ccc4ccc(-c5cccc(-c6nc(-c7ccc8ccccc8c7)nc(-c7ccc8ccccc8c7)n6)n5)cc4c3n2)cc1. The number of aromatic nitrogens is 6. The van der Waals surface area contributed by atoms with Gasteiger partial charge in [-0.3, -0.25) is 0 Å². The lowest BCUT2D eigenvalue weighted by Crippen LogP contribution is -2.01. The maximum atomic E-state index is 5.22. The van der Waals surface area contributed by atoms with Crippen molar-refractivity contribution < 1.29 is 0 Å². The average Bonchev–Trinajstić information content (AvgIpc) is 3.31. The molecule has 3 heterocycles. The maximum absolute atomic E-state index is 5.22. The molecule has 3 aromatic heterocycles. The Bertz CT molecular complexity index is 3250. The predicted octanol–water partition coefficient (Wildman–Crippen LogP) is 12.7. The van der Waals surface area contributed by atoms with E-state index in [4.69, 9.17) is 29.9 Å². The molecule has 0 spiro atoms. The summed E-state index contributed by atoms with van der Waals surface area (Å²) in [6, 6.07) is 66.5. The van der Waals surface area contributed by atoms with Gasteiger partial charge in [-0.15, -0.1) is 0 Å². The first-order chi connectivity index (χ1) is 28.7. The number of nitrogens with zero attached hydrogens (tertiary/aromatic N) is 6. The van der Waals surface area contributed by atoms with Crippen molar-refractivity contribution in [1.82, 2.24) is 29.9 Å². The third-order valence-corrected chi connectivity index (χ3v) is 10.7. The Morgan fingerprint density at radius 1 is 0.241 bits per heavy atom. The number of hydrogen-bond donors (Lipinski definition) is 0. The van der Waals surface area contributed by atoms with Gasteiger partial charge in [-0.2, -0.15) is 0 Å². The van der Waals surface area contributed by atoms with Crippen LogP contribution in [-0.4, -0.2) is 29.9 Å². The zero-order chi connectivity index (χ0) is 38.4. The standard InChI is InChI=1S/C52H32N6/c1-3-14-36(15-4-1)47-43-29-28-35-24-25-40(32-44(35)48(43)55-49(54-47)37-16-5-2-6-17-37)45-20-11-21-46(53-45)52-57-50(41-26-22-33-12-7-9-18-38(33)30-41)56-51(58-52)42-27-23-34-13-8-10-19-39(34)31-42/h1-32H. The van der Waals surface area contributed by atoms with Gasteiger partial charge < -0.3 is 0 Å². The van der Waals surface area contributed by atoms with E-state index in [1.807, 2.05) is 66.7 Å². The van der Waals surface area contributed by atoms with Crippen LogP contribution < -0.4 is 0 Å². The Balaban J connectivity index is 1.07. The molecule has 0 aliphatic rings. The van der Waals surface area contributed by atoms with E-state index in [9.17, 15) is 0 Å². The lowest BCUT2D eigenvalue weighted by molar-refractivity contribution is 1.06. The van der Waals surface area contributed by atoms with Crippen molar-refractivity contribution in [2.24, 2.45) is 0 Å². The zero-order valence-corrected chi connectivity index (χ0v) is 31.2. The largest absolute Gasteiger partial charge is 0.244 e. The summed E-state index contributed by atoms with van der Waals surface area (Å²) in [5.41, 5.74) is 8.03. The van der Waals surface area contributed by atoms with Crippen LogP contribution in [0.3, 0.4) is 0 Å². The molecule has 0 atom stereocenters. The molecule has 0 saturated heterocycles. The summed E-state index contributed by atoms with van der Waals surface area (Å²) in [6.07, 6.45) is 0. The first kappa shape index (κ1) is 33.4. The first-order valence-corrected chi connectivity index (χ1v) is 19.3. The second-order valence-electron chi connectivity index (χ2n) is 14.4. The number of benzene rings is 8. The lowest BCUT2D eigenvalue weighted by Gasteiger charge is -2.13. The molecule has 58 heavy (non-hydrogen) atoms. The highest BCUT2D eigenvalue weighted by atomic mass is 15.0. The molecule has 0 bridgehead atoms. The fourth-order valence-electron chi connectivity index (χ4n) is 7.73. The highest BCUT2D eigenvalue weighted by molar-refractivity contribution is 6.10. The van der Waals surface area contributed by atoms with Gasteiger partial charge in [-0.1, -0.05) is 158 Å². The molecule has 270 valence electrons. The van der Waals surface area contributed by atoms with Gasteiger partial charge in [0.25, 0.3) is 0 Å². The third kappa shape index (κ3) is 6.10. The van der Waals surface area contributed by atoms with Crippen molar-refractivity contribution in [2.75, 3.05) is 0 Å². The topological polar surface area (TPSA) is 77.3 Å². The lowest BCUT2D eigenvalue weighted by atomic mass is 9.99. The van der Waals surface area contributed by atoms with E-state index in [1.54, 1.807) is 0 Å². The Labute approximate surface area is 334 Å². The van der Waals surface area contributed by atoms with Crippen LogP contribution in [0.2, 0.25) is 0 Å². The van der Waals surface area contributed by atoms with E-state index in [2.05, 4.69) is 127 Å². The minimum Gasteiger partial charge on any atom is -0.244 e. The van der Waals surface area contributed by atoms with Crippen LogP contribution in [0.5, 0.6) is 0 Å². The van der Waals surface area contributed by atoms with E-state index in [1.165, 1.54) is 0 Å². The quantitative estimate of drug-likeness (QED) is 0.158. The van der Waals surface area contributed by atoms with Crippen molar-refractivity contribution in [3.8, 4) is 68.2 Å². The normalized spacial score (nSPS) is 11.4. The predicted molar refractivity (Wildman–Crippen MR) is 236 cm³/mol. The summed E-state index contributed by atoms with van der Waals surface area (Å²) in [6.45, 7) is 0. The van der Waals surface area contributed by atoms with Gasteiger partial charge in [-0.25, -0.2) is 29.9 Å². The monoisotopic (exact) mass is 740 g/mol. The number of hydrogen-bond acceptors (Lipinski definition) is 6. The minimum absolute atomic E-state index is 0.502. The fraction of sp³-hybridized carbons (Fsp3) is 0. The second-order valence-corrected chi connectivity index (χ2v) is 14.4. The summed E-state index contributed by atoms with van der Waals surface area (Å²) in [5.74, 6) is 2.37. The molecule has 6 heteroatoms. The third-order valence-electron chi connectivity index (χ3n) is 10.7. The second kappa shape index (κ2) is 14.0. The summed E-state index contributed by atoms with van der Waals surface area (Å²) in [5, 5.41) is 7.66. The van der Waals surface area contributed by atoms with Crippen LogP contribution in [0.4, 0.5) is 0 Å². The van der Waals surface area contributed by atoms with Crippen molar-refractivity contribution in [1.29, 1.82) is 0 Å². The van der Waals surface area contributed by atoms with Gasteiger partial charge in [0.15, 0.2) is 23.3 Å². The molecule has 0 aliphatic heterocycles. The van der Waals surface area contributed by atoms with E-state index < -0.39 is 0 Å². The molecular weight excluding hydrogens is 709 g/mol. The summed E-state index contributed by atoms with van der Waals surface area (Å²) >= 11 is 0. The van der Waals surface area contributed by atoms with E-state index in [0.29, 0.717) is 29.0 Å². The summed E-state index contributed by atoms with van der Waals surface area (Å²) in [4.78, 5) is 30.7. The molecule has 0 amide bonds. The molecule has 0 saturated carbocycles.